The van der Waals surface area contributed by atoms with Crippen LogP contribution in [-0.2, 0) is 0 Å². The molecule has 0 aromatic heterocycles. The van der Waals surface area contributed by atoms with Gasteiger partial charge in [0.25, 0.3) is 0 Å². The van der Waals surface area contributed by atoms with Gasteiger partial charge in [-0.15, -0.1) is 0 Å². The third-order valence-electron chi connectivity index (χ3n) is 3.13. The molecular formula is C13H16N2O. The van der Waals surface area contributed by atoms with Gasteiger partial charge in [0.2, 0.25) is 0 Å². The maximum atomic E-state index is 8.86. The maximum absolute atomic E-state index is 8.86. The average Bonchev–Trinajstić information content (AvgIpc) is 2.77. The molecule has 1 fully saturated rings. The number of hydrogen-bond acceptors (Lipinski definition) is 3. The largest absolute Gasteiger partial charge is 0.496 e. The van der Waals surface area contributed by atoms with Crippen LogP contribution in [0.15, 0.2) is 18.2 Å². The molecule has 3 heteroatoms. The van der Waals surface area contributed by atoms with Gasteiger partial charge in [-0.05, 0) is 30.5 Å². The lowest BCUT2D eigenvalue weighted by Gasteiger charge is -2.13. The van der Waals surface area contributed by atoms with Crippen LogP contribution >= 0.6 is 0 Å². The molecule has 1 saturated heterocycles. The molecule has 3 nitrogen and oxygen atoms in total. The van der Waals surface area contributed by atoms with E-state index in [1.165, 1.54) is 5.56 Å². The number of methoxy groups -OCH3 is 1. The highest BCUT2D eigenvalue weighted by Crippen LogP contribution is 2.29. The van der Waals surface area contributed by atoms with Crippen molar-refractivity contribution in [2.45, 2.75) is 19.4 Å². The fourth-order valence-corrected chi connectivity index (χ4v) is 2.21. The number of benzene rings is 1. The van der Waals surface area contributed by atoms with Crippen LogP contribution in [0.3, 0.4) is 0 Å². The third kappa shape index (κ3) is 2.02. The molecule has 1 aliphatic rings. The lowest BCUT2D eigenvalue weighted by atomic mass is 9.99. The van der Waals surface area contributed by atoms with E-state index in [0.717, 1.165) is 24.3 Å². The van der Waals surface area contributed by atoms with Crippen LogP contribution in [0.25, 0.3) is 0 Å². The molecule has 2 atom stereocenters. The second kappa shape index (κ2) is 4.54. The second-order valence-electron chi connectivity index (χ2n) is 4.25. The first-order valence-corrected chi connectivity index (χ1v) is 5.52. The Morgan fingerprint density at radius 1 is 1.50 bits per heavy atom. The first kappa shape index (κ1) is 11.0. The predicted molar refractivity (Wildman–Crippen MR) is 62.2 cm³/mol. The van der Waals surface area contributed by atoms with Crippen molar-refractivity contribution in [1.82, 2.24) is 5.32 Å². The number of rotatable bonds is 2. The summed E-state index contributed by atoms with van der Waals surface area (Å²) in [6.07, 6.45) is 0.905. The lowest BCUT2D eigenvalue weighted by molar-refractivity contribution is 0.411. The van der Waals surface area contributed by atoms with Gasteiger partial charge in [-0.1, -0.05) is 12.1 Å². The molecule has 2 rings (SSSR count). The summed E-state index contributed by atoms with van der Waals surface area (Å²) in [5, 5.41) is 12.2. The Balaban J connectivity index is 2.17. The Bertz CT molecular complexity index is 422. The first-order chi connectivity index (χ1) is 7.74. The zero-order valence-electron chi connectivity index (χ0n) is 9.66. The van der Waals surface area contributed by atoms with Crippen LogP contribution < -0.4 is 10.1 Å². The smallest absolute Gasteiger partial charge is 0.121 e. The summed E-state index contributed by atoms with van der Waals surface area (Å²) in [5.74, 6) is 1.06. The van der Waals surface area contributed by atoms with Gasteiger partial charge in [-0.2, -0.15) is 5.26 Å². The molecule has 2 unspecified atom stereocenters. The van der Waals surface area contributed by atoms with Crippen LogP contribution in [0.5, 0.6) is 5.75 Å². The molecule has 84 valence electrons. The zero-order valence-corrected chi connectivity index (χ0v) is 9.66. The summed E-state index contributed by atoms with van der Waals surface area (Å²) in [4.78, 5) is 0. The minimum Gasteiger partial charge on any atom is -0.496 e. The van der Waals surface area contributed by atoms with E-state index in [2.05, 4.69) is 23.5 Å². The van der Waals surface area contributed by atoms with Crippen molar-refractivity contribution in [3.8, 4) is 11.8 Å². The molecule has 0 amide bonds. The topological polar surface area (TPSA) is 45.0 Å². The summed E-state index contributed by atoms with van der Waals surface area (Å²) >= 11 is 0. The zero-order chi connectivity index (χ0) is 11.5. The minimum atomic E-state index is 0.146. The Morgan fingerprint density at radius 3 is 2.88 bits per heavy atom. The van der Waals surface area contributed by atoms with Gasteiger partial charge in [-0.25, -0.2) is 0 Å². The van der Waals surface area contributed by atoms with E-state index in [9.17, 15) is 0 Å². The molecular weight excluding hydrogens is 200 g/mol. The van der Waals surface area contributed by atoms with Crippen LogP contribution in [0.4, 0.5) is 0 Å². The molecule has 1 aromatic carbocycles. The van der Waals surface area contributed by atoms with Crippen molar-refractivity contribution in [3.63, 3.8) is 0 Å². The van der Waals surface area contributed by atoms with E-state index < -0.39 is 0 Å². The number of hydrogen-bond donors (Lipinski definition) is 1. The highest BCUT2D eigenvalue weighted by molar-refractivity contribution is 5.37. The number of aryl methyl sites for hydroxylation is 1. The molecule has 0 saturated carbocycles. The van der Waals surface area contributed by atoms with Gasteiger partial charge in [0.1, 0.15) is 5.75 Å². The number of nitriles is 1. The molecule has 0 radical (unpaired) electrons. The van der Waals surface area contributed by atoms with Crippen molar-refractivity contribution in [3.05, 3.63) is 29.3 Å². The fraction of sp³-hybridized carbons (Fsp3) is 0.462. The van der Waals surface area contributed by atoms with Gasteiger partial charge in [-0.3, -0.25) is 0 Å². The van der Waals surface area contributed by atoms with Crippen molar-refractivity contribution < 1.29 is 4.74 Å². The van der Waals surface area contributed by atoms with Crippen molar-refractivity contribution in [2.75, 3.05) is 13.7 Å². The highest BCUT2D eigenvalue weighted by Gasteiger charge is 2.25. The summed E-state index contributed by atoms with van der Waals surface area (Å²) in [6, 6.07) is 8.83. The molecule has 0 spiro atoms. The maximum Gasteiger partial charge on any atom is 0.121 e. The van der Waals surface area contributed by atoms with E-state index in [-0.39, 0.29) is 5.92 Å². The van der Waals surface area contributed by atoms with Crippen LogP contribution in [0.2, 0.25) is 0 Å². The van der Waals surface area contributed by atoms with Crippen molar-refractivity contribution in [1.29, 1.82) is 5.26 Å². The van der Waals surface area contributed by atoms with E-state index in [0.29, 0.717) is 6.04 Å². The van der Waals surface area contributed by atoms with E-state index in [1.54, 1.807) is 7.11 Å². The minimum absolute atomic E-state index is 0.146. The van der Waals surface area contributed by atoms with E-state index >= 15 is 0 Å². The molecule has 1 heterocycles. The predicted octanol–water partition coefficient (Wildman–Crippen LogP) is 2.18. The third-order valence-corrected chi connectivity index (χ3v) is 3.13. The van der Waals surface area contributed by atoms with Crippen LogP contribution in [0, 0.1) is 24.2 Å². The van der Waals surface area contributed by atoms with E-state index in [1.807, 2.05) is 13.0 Å². The number of nitrogens with one attached hydrogen (secondary N) is 1. The average molecular weight is 216 g/mol. The molecule has 1 aliphatic heterocycles. The van der Waals surface area contributed by atoms with Gasteiger partial charge >= 0.3 is 0 Å². The first-order valence-electron chi connectivity index (χ1n) is 5.52. The normalized spacial score (nSPS) is 24.1. The second-order valence-corrected chi connectivity index (χ2v) is 4.25. The highest BCUT2D eigenvalue weighted by atomic mass is 16.5. The standard InChI is InChI=1S/C13H16N2O/c1-9-5-11(3-4-13(9)16-2)12-6-10(7-14)8-15-12/h3-5,10,12,15H,6,8H2,1-2H3. The monoisotopic (exact) mass is 216 g/mol. The summed E-state index contributed by atoms with van der Waals surface area (Å²) in [7, 11) is 1.68. The Hall–Kier alpha value is -1.53. The van der Waals surface area contributed by atoms with Gasteiger partial charge in [0, 0.05) is 12.6 Å². The Labute approximate surface area is 96.0 Å². The lowest BCUT2D eigenvalue weighted by Crippen LogP contribution is -2.13. The van der Waals surface area contributed by atoms with Crippen LogP contribution in [-0.4, -0.2) is 13.7 Å². The van der Waals surface area contributed by atoms with Crippen LogP contribution in [0.1, 0.15) is 23.6 Å². The molecule has 1 aromatic rings. The SMILES string of the molecule is COc1ccc(C2CC(C#N)CN2)cc1C. The van der Waals surface area contributed by atoms with Crippen molar-refractivity contribution in [2.24, 2.45) is 5.92 Å². The summed E-state index contributed by atoms with van der Waals surface area (Å²) < 4.78 is 5.23. The molecule has 0 aliphatic carbocycles. The Kier molecular flexibility index (Phi) is 3.12. The van der Waals surface area contributed by atoms with Gasteiger partial charge in [0.15, 0.2) is 0 Å². The van der Waals surface area contributed by atoms with Crippen molar-refractivity contribution >= 4 is 0 Å². The van der Waals surface area contributed by atoms with Gasteiger partial charge in [0.05, 0.1) is 19.1 Å². The summed E-state index contributed by atoms with van der Waals surface area (Å²) in [5.41, 5.74) is 2.39. The van der Waals surface area contributed by atoms with Gasteiger partial charge < -0.3 is 10.1 Å². The molecule has 1 N–H and O–H groups in total. The molecule has 16 heavy (non-hydrogen) atoms. The molecule has 0 bridgehead atoms. The Morgan fingerprint density at radius 2 is 2.31 bits per heavy atom. The summed E-state index contributed by atoms with van der Waals surface area (Å²) in [6.45, 7) is 2.84. The quantitative estimate of drug-likeness (QED) is 0.824. The number of ether oxygens (including phenoxy) is 1. The van der Waals surface area contributed by atoms with E-state index in [4.69, 9.17) is 10.00 Å². The fourth-order valence-electron chi connectivity index (χ4n) is 2.21. The number of nitrogens with zero attached hydrogens (tertiary/aromatic N) is 1.